The molecule has 5 nitrogen and oxygen atoms in total. The average Bonchev–Trinajstić information content (AvgIpc) is 2.37. The van der Waals surface area contributed by atoms with Crippen molar-refractivity contribution >= 4 is 12.0 Å². The summed E-state index contributed by atoms with van der Waals surface area (Å²) in [7, 11) is 1.52. The summed E-state index contributed by atoms with van der Waals surface area (Å²) in [5, 5.41) is 8.82. The van der Waals surface area contributed by atoms with E-state index < -0.39 is 12.0 Å². The Kier molecular flexibility index (Phi) is 5.49. The van der Waals surface area contributed by atoms with Gasteiger partial charge in [0, 0.05) is 25.2 Å². The molecule has 0 heterocycles. The lowest BCUT2D eigenvalue weighted by molar-refractivity contribution is -0.138. The minimum absolute atomic E-state index is 0.0916. The number of amides is 2. The van der Waals surface area contributed by atoms with Gasteiger partial charge >= 0.3 is 12.0 Å². The molecule has 0 unspecified atom stereocenters. The summed E-state index contributed by atoms with van der Waals surface area (Å²) in [6.45, 7) is 3.18. The van der Waals surface area contributed by atoms with E-state index in [1.165, 1.54) is 22.9 Å². The molecular weight excluding hydrogens is 263 g/mol. The third-order valence-corrected chi connectivity index (χ3v) is 2.87. The molecule has 0 saturated heterocycles. The zero-order valence-electron chi connectivity index (χ0n) is 11.8. The van der Waals surface area contributed by atoms with Gasteiger partial charge in [-0.1, -0.05) is 18.2 Å². The van der Waals surface area contributed by atoms with Crippen LogP contribution in [-0.2, 0) is 11.3 Å². The van der Waals surface area contributed by atoms with Crippen LogP contribution in [0.2, 0.25) is 0 Å². The molecule has 6 heteroatoms. The number of carbonyl (C=O) groups is 2. The largest absolute Gasteiger partial charge is 0.480 e. The summed E-state index contributed by atoms with van der Waals surface area (Å²) in [5.74, 6) is -1.46. The van der Waals surface area contributed by atoms with Crippen LogP contribution in [0.3, 0.4) is 0 Å². The molecule has 0 fully saturated rings. The summed E-state index contributed by atoms with van der Waals surface area (Å²) in [5.41, 5.74) is 0.391. The van der Waals surface area contributed by atoms with Crippen molar-refractivity contribution in [3.63, 3.8) is 0 Å². The van der Waals surface area contributed by atoms with Crippen LogP contribution in [0.4, 0.5) is 9.18 Å². The average molecular weight is 282 g/mol. The number of halogens is 1. The van der Waals surface area contributed by atoms with Crippen molar-refractivity contribution in [3.05, 3.63) is 35.6 Å². The predicted octanol–water partition coefficient (Wildman–Crippen LogP) is 2.17. The SMILES string of the molecule is CC(C)N(CC(=O)O)C(=O)N(C)Cc1ccccc1F. The molecule has 1 rings (SSSR count). The van der Waals surface area contributed by atoms with Gasteiger partial charge in [0.05, 0.1) is 0 Å². The Hall–Kier alpha value is -2.11. The number of carboxylic acid groups (broad SMARTS) is 1. The molecule has 0 aromatic heterocycles. The molecule has 2 amide bonds. The van der Waals surface area contributed by atoms with Gasteiger partial charge in [0.2, 0.25) is 0 Å². The molecule has 1 N–H and O–H groups in total. The van der Waals surface area contributed by atoms with E-state index in [0.29, 0.717) is 5.56 Å². The molecule has 0 radical (unpaired) electrons. The standard InChI is InChI=1S/C14H19FN2O3/c1-10(2)17(9-13(18)19)14(20)16(3)8-11-6-4-5-7-12(11)15/h4-7,10H,8-9H2,1-3H3,(H,18,19). The molecular formula is C14H19FN2O3. The lowest BCUT2D eigenvalue weighted by Gasteiger charge is -2.30. The Labute approximate surface area is 117 Å². The summed E-state index contributed by atoms with van der Waals surface area (Å²) in [6, 6.07) is 5.49. The van der Waals surface area contributed by atoms with Gasteiger partial charge in [-0.3, -0.25) is 4.79 Å². The van der Waals surface area contributed by atoms with Gasteiger partial charge in [0.25, 0.3) is 0 Å². The Morgan fingerprint density at radius 1 is 1.30 bits per heavy atom. The minimum atomic E-state index is -1.08. The Morgan fingerprint density at radius 2 is 1.90 bits per heavy atom. The highest BCUT2D eigenvalue weighted by atomic mass is 19.1. The fraction of sp³-hybridized carbons (Fsp3) is 0.429. The molecule has 0 aliphatic carbocycles. The van der Waals surface area contributed by atoms with E-state index in [0.717, 1.165) is 0 Å². The second-order valence-corrected chi connectivity index (χ2v) is 4.85. The fourth-order valence-electron chi connectivity index (χ4n) is 1.79. The van der Waals surface area contributed by atoms with Crippen molar-refractivity contribution in [2.45, 2.75) is 26.4 Å². The lowest BCUT2D eigenvalue weighted by Crippen LogP contribution is -2.46. The van der Waals surface area contributed by atoms with Gasteiger partial charge in [0.1, 0.15) is 12.4 Å². The van der Waals surface area contributed by atoms with E-state index in [2.05, 4.69) is 0 Å². The molecule has 1 aromatic rings. The second-order valence-electron chi connectivity index (χ2n) is 4.85. The highest BCUT2D eigenvalue weighted by Crippen LogP contribution is 2.11. The summed E-state index contributed by atoms with van der Waals surface area (Å²) < 4.78 is 13.5. The summed E-state index contributed by atoms with van der Waals surface area (Å²) >= 11 is 0. The van der Waals surface area contributed by atoms with E-state index in [9.17, 15) is 14.0 Å². The number of benzene rings is 1. The number of aliphatic carboxylic acids is 1. The van der Waals surface area contributed by atoms with E-state index in [-0.39, 0.29) is 24.9 Å². The lowest BCUT2D eigenvalue weighted by atomic mass is 10.2. The van der Waals surface area contributed by atoms with Gasteiger partial charge in [-0.05, 0) is 19.9 Å². The van der Waals surface area contributed by atoms with Crippen LogP contribution in [0.5, 0.6) is 0 Å². The highest BCUT2D eigenvalue weighted by Gasteiger charge is 2.23. The van der Waals surface area contributed by atoms with Crippen LogP contribution in [-0.4, -0.2) is 46.5 Å². The predicted molar refractivity (Wildman–Crippen MR) is 72.7 cm³/mol. The van der Waals surface area contributed by atoms with E-state index in [1.54, 1.807) is 32.0 Å². The molecule has 0 atom stereocenters. The monoisotopic (exact) mass is 282 g/mol. The zero-order valence-corrected chi connectivity index (χ0v) is 11.8. The zero-order chi connectivity index (χ0) is 15.3. The Morgan fingerprint density at radius 3 is 2.40 bits per heavy atom. The molecule has 0 spiro atoms. The third kappa shape index (κ3) is 4.22. The molecule has 0 aliphatic rings. The van der Waals surface area contributed by atoms with Crippen molar-refractivity contribution in [3.8, 4) is 0 Å². The Balaban J connectivity index is 2.79. The smallest absolute Gasteiger partial charge is 0.323 e. The number of nitrogens with zero attached hydrogens (tertiary/aromatic N) is 2. The normalized spacial score (nSPS) is 10.4. The van der Waals surface area contributed by atoms with Crippen molar-refractivity contribution in [1.29, 1.82) is 0 Å². The third-order valence-electron chi connectivity index (χ3n) is 2.87. The van der Waals surface area contributed by atoms with E-state index >= 15 is 0 Å². The number of carbonyl (C=O) groups excluding carboxylic acids is 1. The van der Waals surface area contributed by atoms with Crippen LogP contribution in [0.25, 0.3) is 0 Å². The van der Waals surface area contributed by atoms with Gasteiger partial charge in [-0.2, -0.15) is 0 Å². The van der Waals surface area contributed by atoms with Gasteiger partial charge in [-0.25, -0.2) is 9.18 Å². The first-order chi connectivity index (χ1) is 9.32. The van der Waals surface area contributed by atoms with Crippen LogP contribution in [0.15, 0.2) is 24.3 Å². The topological polar surface area (TPSA) is 60.9 Å². The molecule has 0 aliphatic heterocycles. The first-order valence-corrected chi connectivity index (χ1v) is 6.30. The molecule has 1 aromatic carbocycles. The molecule has 110 valence electrons. The number of urea groups is 1. The second kappa shape index (κ2) is 6.88. The maximum absolute atomic E-state index is 13.5. The fourth-order valence-corrected chi connectivity index (χ4v) is 1.79. The van der Waals surface area contributed by atoms with Crippen molar-refractivity contribution in [2.24, 2.45) is 0 Å². The van der Waals surface area contributed by atoms with Crippen molar-refractivity contribution in [2.75, 3.05) is 13.6 Å². The Bertz CT molecular complexity index is 491. The highest BCUT2D eigenvalue weighted by molar-refractivity contribution is 5.80. The maximum atomic E-state index is 13.5. The molecule has 0 saturated carbocycles. The van der Waals surface area contributed by atoms with E-state index in [1.807, 2.05) is 0 Å². The first kappa shape index (κ1) is 15.9. The van der Waals surface area contributed by atoms with Crippen LogP contribution < -0.4 is 0 Å². The molecule has 0 bridgehead atoms. The van der Waals surface area contributed by atoms with Gasteiger partial charge < -0.3 is 14.9 Å². The van der Waals surface area contributed by atoms with Gasteiger partial charge in [-0.15, -0.1) is 0 Å². The van der Waals surface area contributed by atoms with Gasteiger partial charge in [0.15, 0.2) is 0 Å². The quantitative estimate of drug-likeness (QED) is 0.900. The number of carboxylic acids is 1. The number of hydrogen-bond donors (Lipinski definition) is 1. The maximum Gasteiger partial charge on any atom is 0.323 e. The summed E-state index contributed by atoms with van der Waals surface area (Å²) in [6.07, 6.45) is 0. The van der Waals surface area contributed by atoms with Crippen LogP contribution in [0.1, 0.15) is 19.4 Å². The number of rotatable bonds is 5. The van der Waals surface area contributed by atoms with Crippen LogP contribution in [0, 0.1) is 5.82 Å². The van der Waals surface area contributed by atoms with Crippen molar-refractivity contribution < 1.29 is 19.1 Å². The number of hydrogen-bond acceptors (Lipinski definition) is 2. The summed E-state index contributed by atoms with van der Waals surface area (Å²) in [4.78, 5) is 25.5. The van der Waals surface area contributed by atoms with Crippen LogP contribution >= 0.6 is 0 Å². The van der Waals surface area contributed by atoms with Crippen molar-refractivity contribution in [1.82, 2.24) is 9.80 Å². The molecule has 20 heavy (non-hydrogen) atoms. The minimum Gasteiger partial charge on any atom is -0.480 e. The van der Waals surface area contributed by atoms with E-state index in [4.69, 9.17) is 5.11 Å². The first-order valence-electron chi connectivity index (χ1n) is 6.30.